The van der Waals surface area contributed by atoms with E-state index in [9.17, 15) is 10.4 Å². The summed E-state index contributed by atoms with van der Waals surface area (Å²) in [6.45, 7) is 5.37. The first-order valence-corrected chi connectivity index (χ1v) is 12.5. The lowest BCUT2D eigenvalue weighted by Crippen LogP contribution is -2.52. The summed E-state index contributed by atoms with van der Waals surface area (Å²) in [7, 11) is 1.71. The molecule has 1 heterocycles. The Kier molecular flexibility index (Phi) is 5.46. The Morgan fingerprint density at radius 1 is 1.19 bits per heavy atom. The SMILES string of the molecule is COC[C@@]1(O)CC[C@H]2[C@H](CC[C@@H]3[C@@H]2CC[C@]2(C)[C@@H]([C@H](C)n4cc(C#N)cn4)CC[C@@H]32)C1. The van der Waals surface area contributed by atoms with Gasteiger partial charge in [-0.05, 0) is 106 Å². The van der Waals surface area contributed by atoms with E-state index >= 15 is 0 Å². The molecule has 0 unspecified atom stereocenters. The summed E-state index contributed by atoms with van der Waals surface area (Å²) in [5.41, 5.74) is 0.461. The average Bonchev–Trinajstić information content (AvgIpc) is 3.37. The smallest absolute Gasteiger partial charge is 0.102 e. The molecule has 1 aromatic rings. The van der Waals surface area contributed by atoms with Crippen molar-refractivity contribution in [3.05, 3.63) is 18.0 Å². The number of aliphatic hydroxyl groups is 1. The number of aromatic nitrogens is 2. The summed E-state index contributed by atoms with van der Waals surface area (Å²) >= 11 is 0. The summed E-state index contributed by atoms with van der Waals surface area (Å²) in [5, 5.41) is 24.7. The first-order chi connectivity index (χ1) is 14.9. The first-order valence-electron chi connectivity index (χ1n) is 12.5. The van der Waals surface area contributed by atoms with Gasteiger partial charge in [-0.3, -0.25) is 4.68 Å². The van der Waals surface area contributed by atoms with E-state index in [0.29, 0.717) is 35.5 Å². The van der Waals surface area contributed by atoms with Crippen molar-refractivity contribution in [1.29, 1.82) is 5.26 Å². The lowest BCUT2D eigenvalue weighted by atomic mass is 9.48. The van der Waals surface area contributed by atoms with Gasteiger partial charge in [0.1, 0.15) is 6.07 Å². The fourth-order valence-electron chi connectivity index (χ4n) is 9.00. The van der Waals surface area contributed by atoms with Crippen molar-refractivity contribution in [3.63, 3.8) is 0 Å². The van der Waals surface area contributed by atoms with Crippen LogP contribution in [-0.4, -0.2) is 34.2 Å². The van der Waals surface area contributed by atoms with Gasteiger partial charge in [-0.25, -0.2) is 0 Å². The number of fused-ring (bicyclic) bond motifs is 5. The third kappa shape index (κ3) is 3.45. The Labute approximate surface area is 187 Å². The van der Waals surface area contributed by atoms with Crippen LogP contribution >= 0.6 is 0 Å². The predicted molar refractivity (Wildman–Crippen MR) is 119 cm³/mol. The number of nitriles is 1. The van der Waals surface area contributed by atoms with E-state index in [1.165, 1.54) is 44.9 Å². The van der Waals surface area contributed by atoms with Gasteiger partial charge in [0.05, 0.1) is 30.0 Å². The second kappa shape index (κ2) is 7.89. The molecule has 5 rings (SSSR count). The second-order valence-corrected chi connectivity index (χ2v) is 11.6. The molecular formula is C26H39N3O2. The average molecular weight is 426 g/mol. The van der Waals surface area contributed by atoms with Crippen LogP contribution in [0.15, 0.2) is 12.4 Å². The van der Waals surface area contributed by atoms with E-state index in [1.54, 1.807) is 13.3 Å². The first kappa shape index (κ1) is 21.5. The Hall–Kier alpha value is -1.38. The molecule has 0 aromatic carbocycles. The molecule has 0 aliphatic heterocycles. The molecule has 4 saturated carbocycles. The highest BCUT2D eigenvalue weighted by Crippen LogP contribution is 2.66. The predicted octanol–water partition coefficient (Wildman–Crippen LogP) is 4.96. The van der Waals surface area contributed by atoms with E-state index < -0.39 is 5.60 Å². The highest BCUT2D eigenvalue weighted by Gasteiger charge is 2.58. The van der Waals surface area contributed by atoms with Crippen LogP contribution in [0.5, 0.6) is 0 Å². The van der Waals surface area contributed by atoms with Gasteiger partial charge in [0.15, 0.2) is 0 Å². The molecule has 0 bridgehead atoms. The van der Waals surface area contributed by atoms with Gasteiger partial charge in [0.2, 0.25) is 0 Å². The third-order valence-electron chi connectivity index (χ3n) is 10.3. The zero-order valence-electron chi connectivity index (χ0n) is 19.5. The van der Waals surface area contributed by atoms with Crippen LogP contribution < -0.4 is 0 Å². The summed E-state index contributed by atoms with van der Waals surface area (Å²) in [5.74, 6) is 4.67. The topological polar surface area (TPSA) is 71.1 Å². The van der Waals surface area contributed by atoms with Gasteiger partial charge in [0, 0.05) is 13.3 Å². The Morgan fingerprint density at radius 3 is 2.74 bits per heavy atom. The molecule has 4 aliphatic rings. The van der Waals surface area contributed by atoms with Crippen molar-refractivity contribution in [1.82, 2.24) is 9.78 Å². The highest BCUT2D eigenvalue weighted by molar-refractivity contribution is 5.22. The maximum atomic E-state index is 11.0. The van der Waals surface area contributed by atoms with E-state index in [4.69, 9.17) is 4.74 Å². The number of ether oxygens (including phenoxy) is 1. The lowest BCUT2D eigenvalue weighted by molar-refractivity contribution is -0.125. The fourth-order valence-corrected chi connectivity index (χ4v) is 9.00. The van der Waals surface area contributed by atoms with Crippen LogP contribution in [0.3, 0.4) is 0 Å². The monoisotopic (exact) mass is 425 g/mol. The minimum Gasteiger partial charge on any atom is -0.387 e. The Balaban J connectivity index is 1.32. The van der Waals surface area contributed by atoms with E-state index in [-0.39, 0.29) is 0 Å². The van der Waals surface area contributed by atoms with E-state index in [1.807, 2.05) is 6.20 Å². The molecule has 31 heavy (non-hydrogen) atoms. The van der Waals surface area contributed by atoms with Crippen LogP contribution in [0.25, 0.3) is 0 Å². The van der Waals surface area contributed by atoms with Gasteiger partial charge < -0.3 is 9.84 Å². The van der Waals surface area contributed by atoms with E-state index in [2.05, 4.69) is 29.7 Å². The molecule has 4 aliphatic carbocycles. The normalized spacial score (nSPS) is 45.3. The largest absolute Gasteiger partial charge is 0.387 e. The summed E-state index contributed by atoms with van der Waals surface area (Å²) in [6.07, 6.45) is 14.6. The highest BCUT2D eigenvalue weighted by atomic mass is 16.5. The van der Waals surface area contributed by atoms with Crippen molar-refractivity contribution in [2.45, 2.75) is 83.3 Å². The number of nitrogens with zero attached hydrogens (tertiary/aromatic N) is 3. The number of methoxy groups -OCH3 is 1. The van der Waals surface area contributed by atoms with Gasteiger partial charge >= 0.3 is 0 Å². The van der Waals surface area contributed by atoms with Crippen LogP contribution in [0, 0.1) is 52.3 Å². The van der Waals surface area contributed by atoms with Gasteiger partial charge in [-0.15, -0.1) is 0 Å². The van der Waals surface area contributed by atoms with Gasteiger partial charge in [-0.2, -0.15) is 10.4 Å². The minimum atomic E-state index is -0.591. The van der Waals surface area contributed by atoms with Gasteiger partial charge in [-0.1, -0.05) is 6.92 Å². The standard InChI is InChI=1S/C26H39N3O2/c1-17(29-15-18(13-27)14-28-29)23-6-7-24-22-5-4-19-12-26(30,16-31-3)11-9-20(19)21(22)8-10-25(23,24)2/h14-15,17,19-24,30H,4-12,16H2,1-3H3/t17-,19+,20-,21+,22+,23+,24-,25+,26+/m0/s1. The zero-order valence-corrected chi connectivity index (χ0v) is 19.5. The lowest BCUT2D eigenvalue weighted by Gasteiger charge is -2.57. The van der Waals surface area contributed by atoms with Crippen LogP contribution in [0.2, 0.25) is 0 Å². The fraction of sp³-hybridized carbons (Fsp3) is 0.846. The minimum absolute atomic E-state index is 0.351. The van der Waals surface area contributed by atoms with E-state index in [0.717, 1.165) is 36.5 Å². The van der Waals surface area contributed by atoms with Crippen LogP contribution in [0.1, 0.15) is 83.2 Å². The Morgan fingerprint density at radius 2 is 2.00 bits per heavy atom. The quantitative estimate of drug-likeness (QED) is 0.740. The van der Waals surface area contributed by atoms with Crippen molar-refractivity contribution in [2.24, 2.45) is 40.9 Å². The van der Waals surface area contributed by atoms with Crippen molar-refractivity contribution < 1.29 is 9.84 Å². The zero-order chi connectivity index (χ0) is 21.8. The number of hydrogen-bond donors (Lipinski definition) is 1. The molecule has 0 amide bonds. The summed E-state index contributed by atoms with van der Waals surface area (Å²) in [4.78, 5) is 0. The van der Waals surface area contributed by atoms with Crippen molar-refractivity contribution >= 4 is 0 Å². The molecule has 0 spiro atoms. The number of hydrogen-bond acceptors (Lipinski definition) is 4. The van der Waals surface area contributed by atoms with Crippen molar-refractivity contribution in [3.8, 4) is 6.07 Å². The summed E-state index contributed by atoms with van der Waals surface area (Å²) < 4.78 is 7.40. The van der Waals surface area contributed by atoms with Crippen molar-refractivity contribution in [2.75, 3.05) is 13.7 Å². The van der Waals surface area contributed by atoms with Gasteiger partial charge in [0.25, 0.3) is 0 Å². The molecule has 0 saturated heterocycles. The molecule has 170 valence electrons. The second-order valence-electron chi connectivity index (χ2n) is 11.6. The maximum absolute atomic E-state index is 11.0. The molecule has 5 heteroatoms. The molecule has 1 N–H and O–H groups in total. The molecule has 0 radical (unpaired) electrons. The molecular weight excluding hydrogens is 386 g/mol. The molecule has 5 nitrogen and oxygen atoms in total. The molecule has 1 aromatic heterocycles. The summed E-state index contributed by atoms with van der Waals surface area (Å²) in [6, 6.07) is 2.58. The van der Waals surface area contributed by atoms with Crippen LogP contribution in [-0.2, 0) is 4.74 Å². The number of rotatable bonds is 4. The molecule has 4 fully saturated rings. The van der Waals surface area contributed by atoms with Crippen LogP contribution in [0.4, 0.5) is 0 Å². The maximum Gasteiger partial charge on any atom is 0.102 e. The Bertz CT molecular complexity index is 846. The molecule has 9 atom stereocenters. The third-order valence-corrected chi connectivity index (χ3v) is 10.3.